The zero-order chi connectivity index (χ0) is 13.8. The molecule has 0 spiro atoms. The quantitative estimate of drug-likeness (QED) is 0.853. The van der Waals surface area contributed by atoms with Gasteiger partial charge < -0.3 is 15.1 Å². The Morgan fingerprint density at radius 2 is 2.16 bits per heavy atom. The molecule has 0 aliphatic heterocycles. The van der Waals surface area contributed by atoms with Crippen LogP contribution in [0.25, 0.3) is 11.0 Å². The van der Waals surface area contributed by atoms with Gasteiger partial charge in [-0.25, -0.2) is 0 Å². The first-order chi connectivity index (χ1) is 9.13. The second-order valence-electron chi connectivity index (χ2n) is 4.34. The van der Waals surface area contributed by atoms with Gasteiger partial charge in [0.1, 0.15) is 11.8 Å². The van der Waals surface area contributed by atoms with Crippen LogP contribution < -0.4 is 5.73 Å². The van der Waals surface area contributed by atoms with Crippen molar-refractivity contribution in [1.82, 2.24) is 4.90 Å². The van der Waals surface area contributed by atoms with Gasteiger partial charge in [-0.3, -0.25) is 4.79 Å². The van der Waals surface area contributed by atoms with Crippen LogP contribution >= 0.6 is 12.2 Å². The van der Waals surface area contributed by atoms with Crippen LogP contribution in [0.1, 0.15) is 23.7 Å². The minimum absolute atomic E-state index is 0.0976. The fourth-order valence-corrected chi connectivity index (χ4v) is 2.18. The molecule has 0 atom stereocenters. The van der Waals surface area contributed by atoms with Gasteiger partial charge in [0.25, 0.3) is 5.91 Å². The van der Waals surface area contributed by atoms with Crippen molar-refractivity contribution in [2.24, 2.45) is 5.73 Å². The molecule has 2 rings (SSSR count). The Bertz CT molecular complexity index is 606. The molecule has 1 aromatic heterocycles. The number of para-hydroxylation sites is 1. The predicted octanol–water partition coefficient (Wildman–Crippen LogP) is 2.57. The van der Waals surface area contributed by atoms with E-state index in [-0.39, 0.29) is 5.91 Å². The van der Waals surface area contributed by atoms with Gasteiger partial charge in [0.2, 0.25) is 0 Å². The Kier molecular flexibility index (Phi) is 4.16. The third-order valence-electron chi connectivity index (χ3n) is 2.84. The van der Waals surface area contributed by atoms with Gasteiger partial charge in [-0.1, -0.05) is 37.3 Å². The summed E-state index contributed by atoms with van der Waals surface area (Å²) in [5.74, 6) is -0.0976. The number of benzene rings is 1. The lowest BCUT2D eigenvalue weighted by molar-refractivity contribution is 0.0781. The lowest BCUT2D eigenvalue weighted by Crippen LogP contribution is -2.38. The second-order valence-corrected chi connectivity index (χ2v) is 4.86. The zero-order valence-corrected chi connectivity index (χ0v) is 11.6. The Morgan fingerprint density at radius 3 is 2.84 bits per heavy atom. The second kappa shape index (κ2) is 5.84. The Morgan fingerprint density at radius 1 is 1.42 bits per heavy atom. The molecular weight excluding hydrogens is 260 g/mol. The Labute approximate surface area is 117 Å². The van der Waals surface area contributed by atoms with E-state index in [0.29, 0.717) is 29.2 Å². The van der Waals surface area contributed by atoms with E-state index in [2.05, 4.69) is 0 Å². The minimum Gasteiger partial charge on any atom is -0.463 e. The SMILES string of the molecule is CCCN(CC(N)=S)C(=O)c1coc2ccccc12. The number of carbonyl (C=O) groups excluding carboxylic acids is 1. The summed E-state index contributed by atoms with van der Waals surface area (Å²) < 4.78 is 5.39. The molecule has 2 aromatic rings. The van der Waals surface area contributed by atoms with Crippen molar-refractivity contribution in [1.29, 1.82) is 0 Å². The molecule has 0 fully saturated rings. The summed E-state index contributed by atoms with van der Waals surface area (Å²) in [6.45, 7) is 2.92. The standard InChI is InChI=1S/C14H16N2O2S/c1-2-7-16(8-13(15)19)14(17)11-9-18-12-6-4-3-5-10(11)12/h3-6,9H,2,7-8H2,1H3,(H2,15,19). The highest BCUT2D eigenvalue weighted by Crippen LogP contribution is 2.22. The molecular formula is C14H16N2O2S. The maximum Gasteiger partial charge on any atom is 0.258 e. The number of furan rings is 1. The van der Waals surface area contributed by atoms with E-state index in [1.54, 1.807) is 4.90 Å². The highest BCUT2D eigenvalue weighted by Gasteiger charge is 2.20. The van der Waals surface area contributed by atoms with Crippen molar-refractivity contribution in [2.45, 2.75) is 13.3 Å². The third kappa shape index (κ3) is 2.93. The fourth-order valence-electron chi connectivity index (χ4n) is 2.02. The van der Waals surface area contributed by atoms with E-state index in [1.807, 2.05) is 31.2 Å². The van der Waals surface area contributed by atoms with Crippen LogP contribution in [0.3, 0.4) is 0 Å². The summed E-state index contributed by atoms with van der Waals surface area (Å²) in [4.78, 5) is 14.5. The molecule has 1 amide bonds. The molecule has 0 aliphatic carbocycles. The van der Waals surface area contributed by atoms with Crippen molar-refractivity contribution < 1.29 is 9.21 Å². The van der Waals surface area contributed by atoms with Crippen LogP contribution in [0.15, 0.2) is 34.9 Å². The number of amides is 1. The highest BCUT2D eigenvalue weighted by molar-refractivity contribution is 7.80. The molecule has 19 heavy (non-hydrogen) atoms. The van der Waals surface area contributed by atoms with Crippen LogP contribution in [-0.2, 0) is 0 Å². The van der Waals surface area contributed by atoms with Gasteiger partial charge in [0.05, 0.1) is 17.1 Å². The fraction of sp³-hybridized carbons (Fsp3) is 0.286. The lowest BCUT2D eigenvalue weighted by atomic mass is 10.1. The number of hydrogen-bond acceptors (Lipinski definition) is 3. The van der Waals surface area contributed by atoms with Crippen molar-refractivity contribution >= 4 is 34.1 Å². The number of fused-ring (bicyclic) bond motifs is 1. The zero-order valence-electron chi connectivity index (χ0n) is 10.8. The predicted molar refractivity (Wildman–Crippen MR) is 79.2 cm³/mol. The van der Waals surface area contributed by atoms with E-state index in [1.165, 1.54) is 6.26 Å². The van der Waals surface area contributed by atoms with Gasteiger partial charge in [-0.05, 0) is 12.5 Å². The van der Waals surface area contributed by atoms with Gasteiger partial charge in [0.15, 0.2) is 0 Å². The van der Waals surface area contributed by atoms with Crippen molar-refractivity contribution in [3.05, 3.63) is 36.1 Å². The van der Waals surface area contributed by atoms with Crippen molar-refractivity contribution in [3.8, 4) is 0 Å². The average Bonchev–Trinajstić information content (AvgIpc) is 2.80. The topological polar surface area (TPSA) is 59.5 Å². The molecule has 100 valence electrons. The maximum atomic E-state index is 12.5. The summed E-state index contributed by atoms with van der Waals surface area (Å²) in [6.07, 6.45) is 2.35. The number of carbonyl (C=O) groups is 1. The number of nitrogens with zero attached hydrogens (tertiary/aromatic N) is 1. The van der Waals surface area contributed by atoms with Crippen LogP contribution in [-0.4, -0.2) is 28.9 Å². The van der Waals surface area contributed by atoms with Crippen LogP contribution in [0.2, 0.25) is 0 Å². The van der Waals surface area contributed by atoms with Gasteiger partial charge in [0, 0.05) is 11.9 Å². The molecule has 0 unspecified atom stereocenters. The first-order valence-electron chi connectivity index (χ1n) is 6.17. The van der Waals surface area contributed by atoms with E-state index in [9.17, 15) is 4.79 Å². The Balaban J connectivity index is 2.33. The minimum atomic E-state index is -0.0976. The molecule has 2 N–H and O–H groups in total. The molecule has 4 nitrogen and oxygen atoms in total. The van der Waals surface area contributed by atoms with E-state index >= 15 is 0 Å². The number of rotatable bonds is 5. The molecule has 0 aliphatic rings. The number of nitrogens with two attached hydrogens (primary N) is 1. The Hall–Kier alpha value is -1.88. The summed E-state index contributed by atoms with van der Waals surface area (Å²) in [7, 11) is 0. The first kappa shape index (κ1) is 13.5. The summed E-state index contributed by atoms with van der Waals surface area (Å²) in [5.41, 5.74) is 6.80. The van der Waals surface area contributed by atoms with Crippen molar-refractivity contribution in [3.63, 3.8) is 0 Å². The average molecular weight is 276 g/mol. The van der Waals surface area contributed by atoms with Crippen LogP contribution in [0, 0.1) is 0 Å². The summed E-state index contributed by atoms with van der Waals surface area (Å²) >= 11 is 4.89. The number of hydrogen-bond donors (Lipinski definition) is 1. The molecule has 1 heterocycles. The lowest BCUT2D eigenvalue weighted by Gasteiger charge is -2.20. The molecule has 5 heteroatoms. The monoisotopic (exact) mass is 276 g/mol. The third-order valence-corrected chi connectivity index (χ3v) is 2.97. The van der Waals surface area contributed by atoms with E-state index < -0.39 is 0 Å². The van der Waals surface area contributed by atoms with Crippen LogP contribution in [0.5, 0.6) is 0 Å². The molecule has 0 bridgehead atoms. The van der Waals surface area contributed by atoms with Crippen LogP contribution in [0.4, 0.5) is 0 Å². The molecule has 0 radical (unpaired) electrons. The van der Waals surface area contributed by atoms with E-state index in [0.717, 1.165) is 11.8 Å². The normalized spacial score (nSPS) is 10.6. The largest absolute Gasteiger partial charge is 0.463 e. The smallest absolute Gasteiger partial charge is 0.258 e. The first-order valence-corrected chi connectivity index (χ1v) is 6.58. The van der Waals surface area contributed by atoms with E-state index in [4.69, 9.17) is 22.4 Å². The number of thiocarbonyl (C=S) groups is 1. The summed E-state index contributed by atoms with van der Waals surface area (Å²) in [6, 6.07) is 7.46. The van der Waals surface area contributed by atoms with Gasteiger partial charge >= 0.3 is 0 Å². The summed E-state index contributed by atoms with van der Waals surface area (Å²) in [5, 5.41) is 0.816. The van der Waals surface area contributed by atoms with Gasteiger partial charge in [-0.2, -0.15) is 0 Å². The molecule has 1 aromatic carbocycles. The molecule has 0 saturated heterocycles. The maximum absolute atomic E-state index is 12.5. The molecule has 0 saturated carbocycles. The van der Waals surface area contributed by atoms with Crippen molar-refractivity contribution in [2.75, 3.05) is 13.1 Å². The highest BCUT2D eigenvalue weighted by atomic mass is 32.1. The van der Waals surface area contributed by atoms with Gasteiger partial charge in [-0.15, -0.1) is 0 Å².